The number of hydrogen-bond acceptors (Lipinski definition) is 3. The molecule has 0 aliphatic heterocycles. The number of ether oxygens (including phenoxy) is 2. The normalized spacial score (nSPS) is 12.4. The lowest BCUT2D eigenvalue weighted by Gasteiger charge is -2.18. The second-order valence-corrected chi connectivity index (χ2v) is 6.08. The van der Waals surface area contributed by atoms with Gasteiger partial charge in [-0.05, 0) is 37.0 Å². The van der Waals surface area contributed by atoms with E-state index in [1.165, 1.54) is 0 Å². The standard InChI is InChI=1S/C17H27NO3/c1-11(2)10-21-15-8-7-14(9-16(15)20-6)17(19)18-13(5)12(3)4/h7-9,11-13H,10H2,1-6H3,(H,18,19). The highest BCUT2D eigenvalue weighted by atomic mass is 16.5. The third-order valence-electron chi connectivity index (χ3n) is 3.36. The molecule has 1 unspecified atom stereocenters. The van der Waals surface area contributed by atoms with Crippen molar-refractivity contribution in [2.75, 3.05) is 13.7 Å². The summed E-state index contributed by atoms with van der Waals surface area (Å²) in [7, 11) is 1.58. The van der Waals surface area contributed by atoms with Gasteiger partial charge in [0, 0.05) is 11.6 Å². The molecule has 21 heavy (non-hydrogen) atoms. The van der Waals surface area contributed by atoms with Gasteiger partial charge in [-0.25, -0.2) is 0 Å². The number of benzene rings is 1. The quantitative estimate of drug-likeness (QED) is 0.837. The summed E-state index contributed by atoms with van der Waals surface area (Å²) >= 11 is 0. The van der Waals surface area contributed by atoms with Gasteiger partial charge in [-0.1, -0.05) is 27.7 Å². The summed E-state index contributed by atoms with van der Waals surface area (Å²) in [6, 6.07) is 5.40. The van der Waals surface area contributed by atoms with Crippen LogP contribution >= 0.6 is 0 Å². The highest BCUT2D eigenvalue weighted by molar-refractivity contribution is 5.95. The van der Waals surface area contributed by atoms with E-state index in [-0.39, 0.29) is 11.9 Å². The van der Waals surface area contributed by atoms with Crippen molar-refractivity contribution >= 4 is 5.91 Å². The molecule has 0 aromatic heterocycles. The molecule has 0 aliphatic carbocycles. The number of rotatable bonds is 7. The van der Waals surface area contributed by atoms with Gasteiger partial charge >= 0.3 is 0 Å². The highest BCUT2D eigenvalue weighted by Gasteiger charge is 2.15. The molecule has 1 aromatic rings. The van der Waals surface area contributed by atoms with Crippen molar-refractivity contribution in [3.8, 4) is 11.5 Å². The Balaban J connectivity index is 2.83. The monoisotopic (exact) mass is 293 g/mol. The van der Waals surface area contributed by atoms with E-state index in [4.69, 9.17) is 9.47 Å². The molecule has 1 amide bonds. The van der Waals surface area contributed by atoms with E-state index in [2.05, 4.69) is 33.0 Å². The van der Waals surface area contributed by atoms with Crippen LogP contribution in [0.2, 0.25) is 0 Å². The van der Waals surface area contributed by atoms with E-state index in [9.17, 15) is 4.79 Å². The molecule has 0 radical (unpaired) electrons. The molecule has 1 atom stereocenters. The zero-order chi connectivity index (χ0) is 16.0. The molecule has 4 heteroatoms. The summed E-state index contributed by atoms with van der Waals surface area (Å²) in [6.07, 6.45) is 0. The lowest BCUT2D eigenvalue weighted by molar-refractivity contribution is 0.0930. The van der Waals surface area contributed by atoms with Crippen LogP contribution in [0.3, 0.4) is 0 Å². The first kappa shape index (κ1) is 17.3. The fraction of sp³-hybridized carbons (Fsp3) is 0.588. The summed E-state index contributed by atoms with van der Waals surface area (Å²) in [5, 5.41) is 2.98. The van der Waals surface area contributed by atoms with E-state index >= 15 is 0 Å². The molecule has 118 valence electrons. The maximum absolute atomic E-state index is 12.2. The number of carbonyl (C=O) groups excluding carboxylic acids is 1. The van der Waals surface area contributed by atoms with Crippen molar-refractivity contribution in [3.63, 3.8) is 0 Å². The fourth-order valence-electron chi connectivity index (χ4n) is 1.64. The number of hydrogen-bond donors (Lipinski definition) is 1. The molecule has 0 heterocycles. The topological polar surface area (TPSA) is 47.6 Å². The minimum atomic E-state index is -0.0927. The Morgan fingerprint density at radius 2 is 1.81 bits per heavy atom. The van der Waals surface area contributed by atoms with Crippen molar-refractivity contribution in [2.24, 2.45) is 11.8 Å². The van der Waals surface area contributed by atoms with E-state index < -0.39 is 0 Å². The average molecular weight is 293 g/mol. The van der Waals surface area contributed by atoms with Gasteiger partial charge in [0.15, 0.2) is 11.5 Å². The van der Waals surface area contributed by atoms with Crippen LogP contribution in [0.25, 0.3) is 0 Å². The van der Waals surface area contributed by atoms with Crippen LogP contribution in [-0.4, -0.2) is 25.7 Å². The third kappa shape index (κ3) is 5.29. The zero-order valence-corrected chi connectivity index (χ0v) is 13.9. The third-order valence-corrected chi connectivity index (χ3v) is 3.36. The van der Waals surface area contributed by atoms with Crippen molar-refractivity contribution in [2.45, 2.75) is 40.7 Å². The summed E-state index contributed by atoms with van der Waals surface area (Å²) in [5.74, 6) is 1.99. The van der Waals surface area contributed by atoms with E-state index in [1.807, 2.05) is 6.92 Å². The van der Waals surface area contributed by atoms with Gasteiger partial charge in [0.1, 0.15) is 0 Å². The minimum absolute atomic E-state index is 0.0927. The Morgan fingerprint density at radius 1 is 1.14 bits per heavy atom. The van der Waals surface area contributed by atoms with Crippen LogP contribution in [-0.2, 0) is 0 Å². The Bertz CT molecular complexity index is 469. The van der Waals surface area contributed by atoms with Crippen LogP contribution in [0.5, 0.6) is 11.5 Å². The Kier molecular flexibility index (Phi) is 6.53. The molecule has 0 spiro atoms. The number of carbonyl (C=O) groups is 1. The van der Waals surface area contributed by atoms with Gasteiger partial charge in [-0.2, -0.15) is 0 Å². The summed E-state index contributed by atoms with van der Waals surface area (Å²) < 4.78 is 11.0. The molecule has 1 aromatic carbocycles. The first-order valence-electron chi connectivity index (χ1n) is 7.46. The van der Waals surface area contributed by atoms with Gasteiger partial charge in [0.05, 0.1) is 13.7 Å². The van der Waals surface area contributed by atoms with Gasteiger partial charge in [-0.15, -0.1) is 0 Å². The first-order chi connectivity index (χ1) is 9.85. The largest absolute Gasteiger partial charge is 0.493 e. The van der Waals surface area contributed by atoms with Crippen LogP contribution in [0.15, 0.2) is 18.2 Å². The van der Waals surface area contributed by atoms with Gasteiger partial charge in [0.2, 0.25) is 0 Å². The number of nitrogens with one attached hydrogen (secondary N) is 1. The highest BCUT2D eigenvalue weighted by Crippen LogP contribution is 2.28. The Hall–Kier alpha value is -1.71. The molecule has 1 N–H and O–H groups in total. The van der Waals surface area contributed by atoms with Gasteiger partial charge < -0.3 is 14.8 Å². The van der Waals surface area contributed by atoms with Crippen LogP contribution in [0.4, 0.5) is 0 Å². The Morgan fingerprint density at radius 3 is 2.33 bits per heavy atom. The molecule has 4 nitrogen and oxygen atoms in total. The van der Waals surface area contributed by atoms with Crippen molar-refractivity contribution in [1.29, 1.82) is 0 Å². The maximum Gasteiger partial charge on any atom is 0.251 e. The predicted molar refractivity (Wildman–Crippen MR) is 85.1 cm³/mol. The molecular formula is C17H27NO3. The van der Waals surface area contributed by atoms with Gasteiger partial charge in [0.25, 0.3) is 5.91 Å². The SMILES string of the molecule is COc1cc(C(=O)NC(C)C(C)C)ccc1OCC(C)C. The fourth-order valence-corrected chi connectivity index (χ4v) is 1.64. The van der Waals surface area contributed by atoms with Crippen molar-refractivity contribution < 1.29 is 14.3 Å². The van der Waals surface area contributed by atoms with Crippen LogP contribution in [0, 0.1) is 11.8 Å². The van der Waals surface area contributed by atoms with Crippen LogP contribution < -0.4 is 14.8 Å². The molecular weight excluding hydrogens is 266 g/mol. The molecule has 0 bridgehead atoms. The Labute approximate surface area is 127 Å². The van der Waals surface area contributed by atoms with Crippen LogP contribution in [0.1, 0.15) is 45.0 Å². The van der Waals surface area contributed by atoms with Gasteiger partial charge in [-0.3, -0.25) is 4.79 Å². The lowest BCUT2D eigenvalue weighted by atomic mass is 10.1. The summed E-state index contributed by atoms with van der Waals surface area (Å²) in [5.41, 5.74) is 0.580. The molecule has 0 fully saturated rings. The number of amides is 1. The summed E-state index contributed by atoms with van der Waals surface area (Å²) in [6.45, 7) is 10.9. The van der Waals surface area contributed by atoms with E-state index in [1.54, 1.807) is 25.3 Å². The average Bonchev–Trinajstić information content (AvgIpc) is 2.44. The zero-order valence-electron chi connectivity index (χ0n) is 13.9. The second kappa shape index (κ2) is 7.91. The van der Waals surface area contributed by atoms with E-state index in [0.717, 1.165) is 0 Å². The van der Waals surface area contributed by atoms with Crippen molar-refractivity contribution in [1.82, 2.24) is 5.32 Å². The number of methoxy groups -OCH3 is 1. The first-order valence-corrected chi connectivity index (χ1v) is 7.46. The molecule has 0 aliphatic rings. The maximum atomic E-state index is 12.2. The molecule has 1 rings (SSSR count). The molecule has 0 saturated heterocycles. The smallest absolute Gasteiger partial charge is 0.251 e. The van der Waals surface area contributed by atoms with E-state index in [0.29, 0.717) is 35.5 Å². The summed E-state index contributed by atoms with van der Waals surface area (Å²) in [4.78, 5) is 12.2. The molecule has 0 saturated carbocycles. The van der Waals surface area contributed by atoms with Crippen molar-refractivity contribution in [3.05, 3.63) is 23.8 Å². The minimum Gasteiger partial charge on any atom is -0.493 e. The second-order valence-electron chi connectivity index (χ2n) is 6.08. The lowest BCUT2D eigenvalue weighted by Crippen LogP contribution is -2.36. The predicted octanol–water partition coefficient (Wildman–Crippen LogP) is 3.50.